The highest BCUT2D eigenvalue weighted by atomic mass is 16.3. The lowest BCUT2D eigenvalue weighted by molar-refractivity contribution is -0.146. The Balaban J connectivity index is 1.72. The zero-order chi connectivity index (χ0) is 17.8. The van der Waals surface area contributed by atoms with Gasteiger partial charge in [-0.1, -0.05) is 39.3 Å². The topological polar surface area (TPSA) is 52.6 Å². The molecule has 1 amide bonds. The lowest BCUT2D eigenvalue weighted by Crippen LogP contribution is -2.66. The van der Waals surface area contributed by atoms with Gasteiger partial charge in [0.15, 0.2) is 0 Å². The fraction of sp³-hybridized carbons (Fsp3) is 0.667. The second-order valence-corrected chi connectivity index (χ2v) is 8.86. The molecule has 2 heterocycles. The van der Waals surface area contributed by atoms with E-state index in [1.54, 1.807) is 6.07 Å². The zero-order valence-electron chi connectivity index (χ0n) is 15.6. The van der Waals surface area contributed by atoms with Crippen molar-refractivity contribution in [3.05, 3.63) is 29.3 Å². The van der Waals surface area contributed by atoms with Crippen LogP contribution in [0.1, 0.15) is 57.6 Å². The minimum atomic E-state index is -0.0281. The van der Waals surface area contributed by atoms with Crippen molar-refractivity contribution < 1.29 is 9.90 Å². The highest BCUT2D eigenvalue weighted by Gasteiger charge is 2.57. The molecule has 1 aliphatic carbocycles. The molecular weight excluding hydrogens is 312 g/mol. The molecule has 2 bridgehead atoms. The van der Waals surface area contributed by atoms with Crippen molar-refractivity contribution in [3.8, 4) is 5.75 Å². The summed E-state index contributed by atoms with van der Waals surface area (Å²) in [5.74, 6) is 0.646. The summed E-state index contributed by atoms with van der Waals surface area (Å²) < 4.78 is 0. The molecule has 4 heteroatoms. The third-order valence-electron chi connectivity index (χ3n) is 7.52. The van der Waals surface area contributed by atoms with Crippen LogP contribution in [0, 0.1) is 5.41 Å². The fourth-order valence-corrected chi connectivity index (χ4v) is 5.45. The van der Waals surface area contributed by atoms with E-state index in [1.807, 2.05) is 6.07 Å². The highest BCUT2D eigenvalue weighted by Crippen LogP contribution is 2.57. The summed E-state index contributed by atoms with van der Waals surface area (Å²) in [5.41, 5.74) is 2.29. The van der Waals surface area contributed by atoms with Crippen molar-refractivity contribution in [2.75, 3.05) is 13.1 Å². The minimum Gasteiger partial charge on any atom is -0.508 e. The Morgan fingerprint density at radius 1 is 1.28 bits per heavy atom. The molecule has 2 saturated heterocycles. The van der Waals surface area contributed by atoms with E-state index < -0.39 is 0 Å². The third-order valence-corrected chi connectivity index (χ3v) is 7.52. The SMILES string of the molecule is CC1(C)[C@H]2Cc3c(O)cccc3[C@]1(C)CCN2C(=O)C1CCCCN1. The number of amides is 1. The summed E-state index contributed by atoms with van der Waals surface area (Å²) in [6.45, 7) is 8.69. The Bertz CT molecular complexity index is 693. The number of hydrogen-bond acceptors (Lipinski definition) is 3. The number of hydrogen-bond donors (Lipinski definition) is 2. The minimum absolute atomic E-state index is 0.0131. The molecule has 0 saturated carbocycles. The summed E-state index contributed by atoms with van der Waals surface area (Å²) in [4.78, 5) is 15.4. The lowest BCUT2D eigenvalue weighted by atomic mass is 9.51. The summed E-state index contributed by atoms with van der Waals surface area (Å²) in [5, 5.41) is 13.9. The van der Waals surface area contributed by atoms with Gasteiger partial charge in [0.2, 0.25) is 5.91 Å². The molecule has 1 aromatic rings. The molecule has 25 heavy (non-hydrogen) atoms. The van der Waals surface area contributed by atoms with Crippen LogP contribution < -0.4 is 5.32 Å². The van der Waals surface area contributed by atoms with E-state index in [4.69, 9.17) is 0 Å². The summed E-state index contributed by atoms with van der Waals surface area (Å²) >= 11 is 0. The maximum absolute atomic E-state index is 13.2. The molecule has 1 unspecified atom stereocenters. The number of piperidine rings is 2. The van der Waals surface area contributed by atoms with Gasteiger partial charge in [-0.25, -0.2) is 0 Å². The molecule has 2 aliphatic heterocycles. The van der Waals surface area contributed by atoms with Gasteiger partial charge >= 0.3 is 0 Å². The van der Waals surface area contributed by atoms with Crippen molar-refractivity contribution >= 4 is 5.91 Å². The van der Waals surface area contributed by atoms with E-state index in [0.29, 0.717) is 5.75 Å². The molecule has 2 N–H and O–H groups in total. The number of nitrogens with zero attached hydrogens (tertiary/aromatic N) is 1. The molecule has 4 rings (SSSR count). The Morgan fingerprint density at radius 3 is 2.80 bits per heavy atom. The predicted molar refractivity (Wildman–Crippen MR) is 98.7 cm³/mol. The molecule has 3 atom stereocenters. The van der Waals surface area contributed by atoms with Crippen LogP contribution in [0.5, 0.6) is 5.75 Å². The number of aromatic hydroxyl groups is 1. The Morgan fingerprint density at radius 2 is 2.08 bits per heavy atom. The van der Waals surface area contributed by atoms with Crippen LogP contribution in [0.4, 0.5) is 0 Å². The van der Waals surface area contributed by atoms with Gasteiger partial charge in [-0.3, -0.25) is 4.79 Å². The van der Waals surface area contributed by atoms with Crippen LogP contribution in [-0.2, 0) is 16.6 Å². The Kier molecular flexibility index (Phi) is 3.87. The largest absolute Gasteiger partial charge is 0.508 e. The van der Waals surface area contributed by atoms with E-state index >= 15 is 0 Å². The zero-order valence-corrected chi connectivity index (χ0v) is 15.6. The monoisotopic (exact) mass is 342 g/mol. The quantitative estimate of drug-likeness (QED) is 0.825. The van der Waals surface area contributed by atoms with E-state index in [2.05, 4.69) is 37.1 Å². The molecular formula is C21H30N2O2. The molecule has 0 radical (unpaired) electrons. The van der Waals surface area contributed by atoms with Crippen LogP contribution in [0.2, 0.25) is 0 Å². The van der Waals surface area contributed by atoms with Crippen LogP contribution in [0.3, 0.4) is 0 Å². The molecule has 0 aromatic heterocycles. The number of fused-ring (bicyclic) bond motifs is 4. The average Bonchev–Trinajstić information content (AvgIpc) is 2.59. The number of carbonyl (C=O) groups is 1. The number of nitrogens with one attached hydrogen (secondary N) is 1. The Labute approximate surface area is 150 Å². The van der Waals surface area contributed by atoms with Crippen LogP contribution in [-0.4, -0.2) is 41.1 Å². The molecule has 2 fully saturated rings. The first-order chi connectivity index (χ1) is 11.9. The van der Waals surface area contributed by atoms with E-state index in [0.717, 1.165) is 50.8 Å². The lowest BCUT2D eigenvalue weighted by Gasteiger charge is -2.61. The van der Waals surface area contributed by atoms with Crippen molar-refractivity contribution in [3.63, 3.8) is 0 Å². The van der Waals surface area contributed by atoms with Gasteiger partial charge in [0.1, 0.15) is 5.75 Å². The molecule has 4 nitrogen and oxygen atoms in total. The van der Waals surface area contributed by atoms with E-state index in [-0.39, 0.29) is 28.8 Å². The van der Waals surface area contributed by atoms with Gasteiger partial charge in [-0.2, -0.15) is 0 Å². The van der Waals surface area contributed by atoms with Crippen LogP contribution in [0.25, 0.3) is 0 Å². The van der Waals surface area contributed by atoms with Gasteiger partial charge in [-0.05, 0) is 54.8 Å². The molecule has 136 valence electrons. The first-order valence-corrected chi connectivity index (χ1v) is 9.71. The van der Waals surface area contributed by atoms with Crippen molar-refractivity contribution in [2.45, 2.75) is 70.4 Å². The Hall–Kier alpha value is -1.55. The van der Waals surface area contributed by atoms with E-state index in [1.165, 1.54) is 5.56 Å². The van der Waals surface area contributed by atoms with Crippen molar-refractivity contribution in [1.82, 2.24) is 10.2 Å². The van der Waals surface area contributed by atoms with Crippen LogP contribution >= 0.6 is 0 Å². The number of likely N-dealkylation sites (tertiary alicyclic amines) is 1. The number of benzene rings is 1. The standard InChI is InChI=1S/C21H30N2O2/c1-20(2)18-13-14-15(7-6-9-17(14)24)21(20,3)10-12-23(18)19(25)16-8-4-5-11-22-16/h6-7,9,16,18,22,24H,4-5,8,10-13H2,1-3H3/t16?,18-,21+/m1/s1. The summed E-state index contributed by atoms with van der Waals surface area (Å²) in [6.07, 6.45) is 4.95. The maximum Gasteiger partial charge on any atom is 0.239 e. The van der Waals surface area contributed by atoms with Crippen LogP contribution in [0.15, 0.2) is 18.2 Å². The second kappa shape index (κ2) is 5.73. The third kappa shape index (κ3) is 2.33. The predicted octanol–water partition coefficient (Wildman–Crippen LogP) is 2.98. The first kappa shape index (κ1) is 16.9. The molecule has 0 spiro atoms. The molecule has 1 aromatic carbocycles. The fourth-order valence-electron chi connectivity index (χ4n) is 5.45. The highest BCUT2D eigenvalue weighted by molar-refractivity contribution is 5.83. The van der Waals surface area contributed by atoms with Gasteiger partial charge in [-0.15, -0.1) is 0 Å². The second-order valence-electron chi connectivity index (χ2n) is 8.86. The van der Waals surface area contributed by atoms with Gasteiger partial charge in [0.05, 0.1) is 6.04 Å². The maximum atomic E-state index is 13.2. The van der Waals surface area contributed by atoms with Gasteiger partial charge in [0, 0.05) is 18.0 Å². The summed E-state index contributed by atoms with van der Waals surface area (Å²) in [6, 6.07) is 6.03. The number of phenolic OH excluding ortho intramolecular Hbond substituents is 1. The normalized spacial score (nSPS) is 33.6. The average molecular weight is 342 g/mol. The number of phenols is 1. The number of rotatable bonds is 1. The van der Waals surface area contributed by atoms with E-state index in [9.17, 15) is 9.90 Å². The number of carbonyl (C=O) groups excluding carboxylic acids is 1. The van der Waals surface area contributed by atoms with Crippen molar-refractivity contribution in [1.29, 1.82) is 0 Å². The smallest absolute Gasteiger partial charge is 0.239 e. The molecule has 3 aliphatic rings. The first-order valence-electron chi connectivity index (χ1n) is 9.71. The van der Waals surface area contributed by atoms with Gasteiger partial charge < -0.3 is 15.3 Å². The summed E-state index contributed by atoms with van der Waals surface area (Å²) in [7, 11) is 0. The van der Waals surface area contributed by atoms with Gasteiger partial charge in [0.25, 0.3) is 0 Å². The van der Waals surface area contributed by atoms with Crippen molar-refractivity contribution in [2.24, 2.45) is 5.41 Å².